The van der Waals surface area contributed by atoms with Gasteiger partial charge >= 0.3 is 11.9 Å². The smallest absolute Gasteiger partial charge is 0.330 e. The zero-order valence-corrected chi connectivity index (χ0v) is 20.1. The van der Waals surface area contributed by atoms with Crippen molar-refractivity contribution in [3.63, 3.8) is 0 Å². The normalized spacial score (nSPS) is 42.5. The van der Waals surface area contributed by atoms with Crippen LogP contribution in [0.15, 0.2) is 11.6 Å². The maximum atomic E-state index is 12.3. The number of allylic oxidation sites excluding steroid dienone is 1. The van der Waals surface area contributed by atoms with E-state index in [-0.39, 0.29) is 41.0 Å². The Kier molecular flexibility index (Phi) is 7.50. The average molecular weight is 450 g/mol. The Hall–Kier alpha value is -1.73. The van der Waals surface area contributed by atoms with Crippen LogP contribution in [0.5, 0.6) is 0 Å². The van der Waals surface area contributed by atoms with Crippen LogP contribution in [0, 0.1) is 34.5 Å². The number of nitrogens with one attached hydrogen (secondary N) is 1. The number of esters is 2. The first-order valence-electron chi connectivity index (χ1n) is 11.9. The van der Waals surface area contributed by atoms with Crippen LogP contribution < -0.4 is 5.32 Å². The molecule has 32 heavy (non-hydrogen) atoms. The third-order valence-corrected chi connectivity index (χ3v) is 8.79. The summed E-state index contributed by atoms with van der Waals surface area (Å²) in [4.78, 5) is 36.3. The van der Waals surface area contributed by atoms with Crippen molar-refractivity contribution in [3.05, 3.63) is 11.6 Å². The van der Waals surface area contributed by atoms with Crippen LogP contribution in [0.3, 0.4) is 0 Å². The Bertz CT molecular complexity index is 766. The lowest BCUT2D eigenvalue weighted by molar-refractivity contribution is -0.202. The van der Waals surface area contributed by atoms with Crippen molar-refractivity contribution < 1.29 is 29.0 Å². The largest absolute Gasteiger partial charge is 0.462 e. The van der Waals surface area contributed by atoms with Gasteiger partial charge in [0.2, 0.25) is 0 Å². The predicted octanol–water partition coefficient (Wildman–Crippen LogP) is 2.66. The number of aliphatic hydroxyl groups excluding tert-OH is 1. The van der Waals surface area contributed by atoms with Crippen molar-refractivity contribution in [1.29, 1.82) is 0 Å². The molecule has 0 aromatic carbocycles. The predicted molar refractivity (Wildman–Crippen MR) is 120 cm³/mol. The zero-order chi connectivity index (χ0) is 23.7. The van der Waals surface area contributed by atoms with E-state index in [1.807, 2.05) is 14.0 Å². The number of ether oxygens (including phenoxy) is 2. The summed E-state index contributed by atoms with van der Waals surface area (Å²) in [6, 6.07) is 0. The Balaban J connectivity index is 1.84. The molecule has 0 spiro atoms. The lowest BCUT2D eigenvalue weighted by Gasteiger charge is -2.63. The monoisotopic (exact) mass is 449 g/mol. The van der Waals surface area contributed by atoms with E-state index in [9.17, 15) is 19.5 Å². The van der Waals surface area contributed by atoms with Crippen molar-refractivity contribution in [2.45, 2.75) is 72.0 Å². The first-order valence-corrected chi connectivity index (χ1v) is 11.9. The van der Waals surface area contributed by atoms with Gasteiger partial charge in [0.25, 0.3) is 0 Å². The Morgan fingerprint density at radius 3 is 2.62 bits per heavy atom. The van der Waals surface area contributed by atoms with Crippen molar-refractivity contribution >= 4 is 18.2 Å². The lowest BCUT2D eigenvalue weighted by atomic mass is 9.42. The minimum Gasteiger partial charge on any atom is -0.462 e. The lowest BCUT2D eigenvalue weighted by Crippen LogP contribution is -2.62. The second-order valence-electron chi connectivity index (χ2n) is 10.5. The van der Waals surface area contributed by atoms with Crippen molar-refractivity contribution in [2.75, 3.05) is 20.2 Å². The highest BCUT2D eigenvalue weighted by Crippen LogP contribution is 2.65. The quantitative estimate of drug-likeness (QED) is 0.278. The summed E-state index contributed by atoms with van der Waals surface area (Å²) in [6.07, 6.45) is 5.18. The second kappa shape index (κ2) is 9.64. The standard InChI is InChI=1S/C25H39NO6/c1-15-17(12-22(30)31-11-10-26-5)6-7-18-23(15)19(29)13-20-24(18,3)9-8-21(32-16(2)28)25(20,4)14-27/h12,14-15,18-21,23,26,29H,6-11,13H2,1-5H3/b17-12+. The highest BCUT2D eigenvalue weighted by atomic mass is 16.5. The number of carbonyl (C=O) groups excluding carboxylic acids is 3. The van der Waals surface area contributed by atoms with Crippen molar-refractivity contribution in [3.8, 4) is 0 Å². The van der Waals surface area contributed by atoms with Gasteiger partial charge in [0.1, 0.15) is 19.0 Å². The molecule has 180 valence electrons. The van der Waals surface area contributed by atoms with E-state index in [0.29, 0.717) is 26.0 Å². The number of hydrogen-bond acceptors (Lipinski definition) is 7. The van der Waals surface area contributed by atoms with Crippen LogP contribution in [-0.4, -0.2) is 55.7 Å². The van der Waals surface area contributed by atoms with Gasteiger partial charge in [-0.15, -0.1) is 0 Å². The molecule has 3 aliphatic carbocycles. The average Bonchev–Trinajstić information content (AvgIpc) is 2.74. The third-order valence-electron chi connectivity index (χ3n) is 8.79. The van der Waals surface area contributed by atoms with Gasteiger partial charge in [-0.05, 0) is 75.2 Å². The molecular formula is C25H39NO6. The molecule has 7 heteroatoms. The van der Waals surface area contributed by atoms with Crippen LogP contribution in [0.2, 0.25) is 0 Å². The highest BCUT2D eigenvalue weighted by molar-refractivity contribution is 5.83. The zero-order valence-electron chi connectivity index (χ0n) is 20.1. The summed E-state index contributed by atoms with van der Waals surface area (Å²) in [6.45, 7) is 8.56. The molecule has 3 saturated carbocycles. The molecule has 8 unspecified atom stereocenters. The van der Waals surface area contributed by atoms with Gasteiger partial charge in [-0.2, -0.15) is 0 Å². The fraction of sp³-hybridized carbons (Fsp3) is 0.800. The molecule has 3 fully saturated rings. The van der Waals surface area contributed by atoms with E-state index in [2.05, 4.69) is 19.2 Å². The van der Waals surface area contributed by atoms with Crippen molar-refractivity contribution in [2.24, 2.45) is 34.5 Å². The van der Waals surface area contributed by atoms with E-state index in [1.165, 1.54) is 6.92 Å². The molecule has 3 rings (SSSR count). The molecule has 2 N–H and O–H groups in total. The molecule has 7 nitrogen and oxygen atoms in total. The molecule has 0 aromatic rings. The number of carbonyl (C=O) groups is 3. The fourth-order valence-corrected chi connectivity index (χ4v) is 7.13. The van der Waals surface area contributed by atoms with Gasteiger partial charge in [0.15, 0.2) is 0 Å². The number of aldehydes is 1. The summed E-state index contributed by atoms with van der Waals surface area (Å²) in [7, 11) is 1.81. The van der Waals surface area contributed by atoms with E-state index >= 15 is 0 Å². The minimum atomic E-state index is -0.818. The number of fused-ring (bicyclic) bond motifs is 3. The molecule has 0 saturated heterocycles. The minimum absolute atomic E-state index is 0.0301. The number of likely N-dealkylation sites (N-methyl/N-ethyl adjacent to an activating group) is 1. The summed E-state index contributed by atoms with van der Waals surface area (Å²) in [5.74, 6) is -0.434. The summed E-state index contributed by atoms with van der Waals surface area (Å²) in [5, 5.41) is 14.2. The molecule has 8 atom stereocenters. The Morgan fingerprint density at radius 1 is 1.28 bits per heavy atom. The van der Waals surface area contributed by atoms with Crippen LogP contribution in [0.25, 0.3) is 0 Å². The fourth-order valence-electron chi connectivity index (χ4n) is 7.13. The van der Waals surface area contributed by atoms with Crippen LogP contribution in [-0.2, 0) is 23.9 Å². The highest BCUT2D eigenvalue weighted by Gasteiger charge is 2.63. The van der Waals surface area contributed by atoms with E-state index in [0.717, 1.165) is 31.1 Å². The van der Waals surface area contributed by atoms with Crippen LogP contribution in [0.1, 0.15) is 59.8 Å². The molecule has 0 aliphatic heterocycles. The van der Waals surface area contributed by atoms with Gasteiger partial charge in [-0.1, -0.05) is 19.4 Å². The first kappa shape index (κ1) is 24.9. The van der Waals surface area contributed by atoms with Gasteiger partial charge in [-0.25, -0.2) is 4.79 Å². The first-order chi connectivity index (χ1) is 15.1. The van der Waals surface area contributed by atoms with E-state index in [1.54, 1.807) is 6.08 Å². The van der Waals surface area contributed by atoms with Gasteiger partial charge in [0.05, 0.1) is 11.5 Å². The van der Waals surface area contributed by atoms with Crippen LogP contribution >= 0.6 is 0 Å². The number of rotatable bonds is 6. The molecule has 0 aromatic heterocycles. The molecular weight excluding hydrogens is 410 g/mol. The topological polar surface area (TPSA) is 102 Å². The summed E-state index contributed by atoms with van der Waals surface area (Å²) < 4.78 is 10.8. The molecule has 0 heterocycles. The second-order valence-corrected chi connectivity index (χ2v) is 10.5. The van der Waals surface area contributed by atoms with Crippen molar-refractivity contribution in [1.82, 2.24) is 5.32 Å². The van der Waals surface area contributed by atoms with Gasteiger partial charge < -0.3 is 24.7 Å². The Morgan fingerprint density at radius 2 is 2.00 bits per heavy atom. The van der Waals surface area contributed by atoms with Gasteiger partial charge in [0, 0.05) is 19.5 Å². The summed E-state index contributed by atoms with van der Waals surface area (Å²) in [5.41, 5.74) is 0.0817. The van der Waals surface area contributed by atoms with E-state index < -0.39 is 17.6 Å². The van der Waals surface area contributed by atoms with Crippen LogP contribution in [0.4, 0.5) is 0 Å². The number of aliphatic hydroxyl groups is 1. The molecule has 3 aliphatic rings. The maximum absolute atomic E-state index is 12.3. The summed E-state index contributed by atoms with van der Waals surface area (Å²) >= 11 is 0. The SMILES string of the molecule is CNCCOC(=O)/C=C1\CCC2C(C(O)CC3C(C)(C=O)C(OC(C)=O)CCC23C)C1C. The molecule has 0 radical (unpaired) electrons. The molecule has 0 amide bonds. The van der Waals surface area contributed by atoms with E-state index in [4.69, 9.17) is 9.47 Å². The molecule has 0 bridgehead atoms. The van der Waals surface area contributed by atoms with Gasteiger partial charge in [-0.3, -0.25) is 4.79 Å². The maximum Gasteiger partial charge on any atom is 0.330 e. The Labute approximate surface area is 191 Å². The third kappa shape index (κ3) is 4.38. The number of hydrogen-bond donors (Lipinski definition) is 2.